The van der Waals surface area contributed by atoms with Gasteiger partial charge in [0, 0.05) is 23.7 Å². The van der Waals surface area contributed by atoms with Crippen molar-refractivity contribution in [3.63, 3.8) is 0 Å². The summed E-state index contributed by atoms with van der Waals surface area (Å²) in [5.74, 6) is 0.975. The molecule has 37 heavy (non-hydrogen) atoms. The summed E-state index contributed by atoms with van der Waals surface area (Å²) in [6.45, 7) is 3.28. The fraction of sp³-hybridized carbons (Fsp3) is 0.0714. The molecule has 0 aliphatic rings. The zero-order chi connectivity index (χ0) is 26.8. The molecule has 2 aromatic carbocycles. The monoisotopic (exact) mass is 624 g/mol. The van der Waals surface area contributed by atoms with Crippen molar-refractivity contribution in [2.24, 2.45) is 0 Å². The maximum Gasteiger partial charge on any atom is 0.228 e. The SMILES string of the molecule is CC(=O)C(=O)c1ccccc1.Cc1[nH]c(-c2ccc(Br)o2)nc1-c1ccccc1.O=Cc1ccc(Br)o1. The molecule has 0 amide bonds. The first-order chi connectivity index (χ1) is 17.8. The normalized spacial score (nSPS) is 9.95. The Labute approximate surface area is 230 Å². The summed E-state index contributed by atoms with van der Waals surface area (Å²) >= 11 is 6.34. The molecular weight excluding hydrogens is 604 g/mol. The third-order valence-electron chi connectivity index (χ3n) is 4.80. The predicted octanol–water partition coefficient (Wildman–Crippen LogP) is 7.72. The van der Waals surface area contributed by atoms with Crippen LogP contribution in [0.3, 0.4) is 0 Å². The van der Waals surface area contributed by atoms with Crippen LogP contribution in [0.15, 0.2) is 103 Å². The van der Waals surface area contributed by atoms with E-state index in [1.54, 1.807) is 42.5 Å². The van der Waals surface area contributed by atoms with Gasteiger partial charge in [-0.05, 0) is 63.0 Å². The van der Waals surface area contributed by atoms with Gasteiger partial charge in [-0.1, -0.05) is 60.7 Å². The Kier molecular flexibility index (Phi) is 10.1. The van der Waals surface area contributed by atoms with Crippen molar-refractivity contribution in [1.82, 2.24) is 9.97 Å². The molecule has 7 nitrogen and oxygen atoms in total. The van der Waals surface area contributed by atoms with E-state index in [1.807, 2.05) is 49.4 Å². The molecular formula is C28H22Br2N2O5. The van der Waals surface area contributed by atoms with Crippen LogP contribution in [0.2, 0.25) is 0 Å². The second kappa shape index (κ2) is 13.5. The van der Waals surface area contributed by atoms with Crippen molar-refractivity contribution < 1.29 is 23.2 Å². The molecule has 0 radical (unpaired) electrons. The lowest BCUT2D eigenvalue weighted by Gasteiger charge is -1.96. The number of nitrogens with zero attached hydrogens (tertiary/aromatic N) is 1. The smallest absolute Gasteiger partial charge is 0.228 e. The van der Waals surface area contributed by atoms with E-state index in [4.69, 9.17) is 8.83 Å². The molecule has 3 heterocycles. The highest BCUT2D eigenvalue weighted by Crippen LogP contribution is 2.27. The van der Waals surface area contributed by atoms with Crippen molar-refractivity contribution in [3.8, 4) is 22.8 Å². The van der Waals surface area contributed by atoms with Crippen molar-refractivity contribution in [2.75, 3.05) is 0 Å². The van der Waals surface area contributed by atoms with Crippen LogP contribution in [0, 0.1) is 6.92 Å². The molecule has 0 saturated heterocycles. The highest BCUT2D eigenvalue weighted by Gasteiger charge is 2.12. The Morgan fingerprint density at radius 2 is 1.43 bits per heavy atom. The average molecular weight is 626 g/mol. The average Bonchev–Trinajstić information content (AvgIpc) is 3.65. The zero-order valence-corrected chi connectivity index (χ0v) is 23.1. The third-order valence-corrected chi connectivity index (χ3v) is 5.66. The number of ketones is 2. The maximum absolute atomic E-state index is 11.0. The first kappa shape index (κ1) is 27.8. The number of nitrogens with one attached hydrogen (secondary N) is 1. The number of hydrogen-bond donors (Lipinski definition) is 1. The molecule has 3 aromatic heterocycles. The Morgan fingerprint density at radius 1 is 0.838 bits per heavy atom. The summed E-state index contributed by atoms with van der Waals surface area (Å²) < 4.78 is 11.6. The maximum atomic E-state index is 11.0. The van der Waals surface area contributed by atoms with Crippen molar-refractivity contribution in [2.45, 2.75) is 13.8 Å². The molecule has 0 aliphatic heterocycles. The van der Waals surface area contributed by atoms with Crippen LogP contribution in [-0.2, 0) is 4.79 Å². The molecule has 0 unspecified atom stereocenters. The van der Waals surface area contributed by atoms with Gasteiger partial charge in [-0.25, -0.2) is 4.98 Å². The summed E-state index contributed by atoms with van der Waals surface area (Å²) in [6, 6.07) is 25.6. The summed E-state index contributed by atoms with van der Waals surface area (Å²) in [7, 11) is 0. The number of rotatable bonds is 5. The van der Waals surface area contributed by atoms with Crippen LogP contribution in [0.25, 0.3) is 22.8 Å². The number of benzene rings is 2. The molecule has 5 rings (SSSR count). The fourth-order valence-electron chi connectivity index (χ4n) is 3.08. The van der Waals surface area contributed by atoms with Crippen LogP contribution < -0.4 is 0 Å². The molecule has 1 N–H and O–H groups in total. The summed E-state index contributed by atoms with van der Waals surface area (Å²) in [6.07, 6.45) is 0.657. The standard InChI is InChI=1S/C14H11BrN2O.C9H8O2.C5H3BrO2/c1-9-13(10-5-3-2-4-6-10)17-14(16-9)11-7-8-12(15)18-11;1-7(10)9(11)8-5-3-2-4-6-8;6-5-2-1-4(3-7)8-5/h2-8H,1H3,(H,16,17);2-6H,1H3;1-3H. The molecule has 0 aliphatic carbocycles. The number of furan rings is 2. The molecule has 0 fully saturated rings. The van der Waals surface area contributed by atoms with Crippen LogP contribution >= 0.6 is 31.9 Å². The molecule has 9 heteroatoms. The third kappa shape index (κ3) is 8.09. The molecule has 0 spiro atoms. The highest BCUT2D eigenvalue weighted by atomic mass is 79.9. The van der Waals surface area contributed by atoms with E-state index in [-0.39, 0.29) is 0 Å². The fourth-order valence-corrected chi connectivity index (χ4v) is 3.71. The van der Waals surface area contributed by atoms with Gasteiger partial charge in [-0.15, -0.1) is 0 Å². The van der Waals surface area contributed by atoms with Crippen molar-refractivity contribution >= 4 is 49.7 Å². The van der Waals surface area contributed by atoms with Crippen molar-refractivity contribution in [1.29, 1.82) is 0 Å². The van der Waals surface area contributed by atoms with E-state index in [0.717, 1.165) is 28.5 Å². The molecule has 5 aromatic rings. The summed E-state index contributed by atoms with van der Waals surface area (Å²) in [5, 5.41) is 0. The molecule has 188 valence electrons. The number of carbonyl (C=O) groups is 3. The second-order valence-electron chi connectivity index (χ2n) is 7.54. The topological polar surface area (TPSA) is 106 Å². The van der Waals surface area contributed by atoms with Gasteiger partial charge >= 0.3 is 0 Å². The van der Waals surface area contributed by atoms with Crippen LogP contribution in [0.5, 0.6) is 0 Å². The molecule has 0 bridgehead atoms. The number of Topliss-reactive ketones (excluding diaryl/α,β-unsaturated/α-hetero) is 2. The molecule has 0 atom stereocenters. The lowest BCUT2D eigenvalue weighted by Crippen LogP contribution is -2.08. The predicted molar refractivity (Wildman–Crippen MR) is 147 cm³/mol. The quantitative estimate of drug-likeness (QED) is 0.122. The first-order valence-corrected chi connectivity index (χ1v) is 12.6. The second-order valence-corrected chi connectivity index (χ2v) is 9.10. The van der Waals surface area contributed by atoms with E-state index >= 15 is 0 Å². The van der Waals surface area contributed by atoms with E-state index < -0.39 is 11.6 Å². The van der Waals surface area contributed by atoms with Gasteiger partial charge in [0.25, 0.3) is 0 Å². The van der Waals surface area contributed by atoms with Crippen LogP contribution in [0.4, 0.5) is 0 Å². The summed E-state index contributed by atoms with van der Waals surface area (Å²) in [4.78, 5) is 39.3. The van der Waals surface area contributed by atoms with Crippen LogP contribution in [-0.4, -0.2) is 27.8 Å². The Bertz CT molecular complexity index is 1470. The highest BCUT2D eigenvalue weighted by molar-refractivity contribution is 9.10. The minimum Gasteiger partial charge on any atom is -0.447 e. The lowest BCUT2D eigenvalue weighted by molar-refractivity contribution is -0.113. The van der Waals surface area contributed by atoms with Gasteiger partial charge in [0.1, 0.15) is 0 Å². The number of H-pyrrole nitrogens is 1. The van der Waals surface area contributed by atoms with Gasteiger partial charge < -0.3 is 13.8 Å². The van der Waals surface area contributed by atoms with Gasteiger partial charge in [-0.2, -0.15) is 0 Å². The van der Waals surface area contributed by atoms with Gasteiger partial charge in [-0.3, -0.25) is 14.4 Å². The Balaban J connectivity index is 0.000000171. The van der Waals surface area contributed by atoms with E-state index in [1.165, 1.54) is 6.92 Å². The van der Waals surface area contributed by atoms with E-state index in [9.17, 15) is 14.4 Å². The summed E-state index contributed by atoms with van der Waals surface area (Å²) in [5.41, 5.74) is 3.55. The number of aldehydes is 1. The number of imidazole rings is 1. The van der Waals surface area contributed by atoms with Gasteiger partial charge in [0.2, 0.25) is 5.78 Å². The molecule has 0 saturated carbocycles. The van der Waals surface area contributed by atoms with Gasteiger partial charge in [0.05, 0.1) is 5.69 Å². The van der Waals surface area contributed by atoms with E-state index in [2.05, 4.69) is 41.8 Å². The minimum atomic E-state index is -0.425. The lowest BCUT2D eigenvalue weighted by atomic mass is 10.1. The zero-order valence-electron chi connectivity index (χ0n) is 19.9. The first-order valence-electron chi connectivity index (χ1n) is 11.0. The largest absolute Gasteiger partial charge is 0.447 e. The number of halogens is 2. The van der Waals surface area contributed by atoms with E-state index in [0.29, 0.717) is 26.9 Å². The number of aryl methyl sites for hydroxylation is 1. The Morgan fingerprint density at radius 3 is 1.92 bits per heavy atom. The number of carbonyl (C=O) groups excluding carboxylic acids is 3. The van der Waals surface area contributed by atoms with Crippen molar-refractivity contribution in [3.05, 3.63) is 111 Å². The van der Waals surface area contributed by atoms with Crippen LogP contribution in [0.1, 0.15) is 33.5 Å². The number of aromatic nitrogens is 2. The number of hydrogen-bond acceptors (Lipinski definition) is 6. The Hall–Kier alpha value is -3.82. The number of aromatic amines is 1. The minimum absolute atomic E-state index is 0.344. The van der Waals surface area contributed by atoms with Gasteiger partial charge in [0.15, 0.2) is 38.8 Å².